The van der Waals surface area contributed by atoms with E-state index >= 15 is 0 Å². The van der Waals surface area contributed by atoms with E-state index in [9.17, 15) is 0 Å². The number of para-hydroxylation sites is 2. The molecule has 1 aliphatic rings. The molecule has 0 spiro atoms. The first-order chi connectivity index (χ1) is 18.4. The van der Waals surface area contributed by atoms with Gasteiger partial charge in [0.05, 0.1) is 11.4 Å². The normalized spacial score (nSPS) is 11.6. The molecule has 0 fully saturated rings. The quantitative estimate of drug-likeness (QED) is 0.150. The Morgan fingerprint density at radius 3 is 1.74 bits per heavy atom. The molecule has 7 heteroatoms. The Balaban J connectivity index is 0.000000156. The number of anilines is 4. The molecule has 1 aliphatic heterocycles. The summed E-state index contributed by atoms with van der Waals surface area (Å²) in [6.07, 6.45) is 5.51. The van der Waals surface area contributed by atoms with E-state index in [1.807, 2.05) is 98.7 Å². The van der Waals surface area contributed by atoms with Crippen LogP contribution in [-0.4, -0.2) is 22.5 Å². The molecule has 0 unspecified atom stereocenters. The fourth-order valence-electron chi connectivity index (χ4n) is 4.25. The standard InChI is InChI=1S/C16H12BN4.C15H10N.Ir/c1-2-8-14-13(7-1)20(15-9-3-5-11-18-15)17-21(14)16-10-4-6-12-19-16;1-2-6-12(7-3-1)15-10-13-8-4-5-9-14(13)11-16-15;/h1-12H;1-6,8-11H;/q;-1;. The Hall–Kier alpha value is -4.32. The van der Waals surface area contributed by atoms with Crippen LogP contribution in [0.3, 0.4) is 0 Å². The largest absolute Gasteiger partial charge is 0.403 e. The van der Waals surface area contributed by atoms with Crippen LogP contribution in [0.25, 0.3) is 22.0 Å². The molecule has 2 radical (unpaired) electrons. The second-order valence-electron chi connectivity index (χ2n) is 8.41. The third kappa shape index (κ3) is 5.35. The van der Waals surface area contributed by atoms with Crippen LogP contribution in [0.1, 0.15) is 0 Å². The van der Waals surface area contributed by atoms with Gasteiger partial charge in [-0.1, -0.05) is 54.6 Å². The average molecular weight is 668 g/mol. The number of fused-ring (bicyclic) bond motifs is 2. The number of hydrogen-bond acceptors (Lipinski definition) is 5. The second-order valence-corrected chi connectivity index (χ2v) is 8.41. The maximum atomic E-state index is 4.45. The van der Waals surface area contributed by atoms with Crippen molar-refractivity contribution in [1.82, 2.24) is 15.0 Å². The summed E-state index contributed by atoms with van der Waals surface area (Å²) in [5.41, 5.74) is 4.20. The zero-order valence-corrected chi connectivity index (χ0v) is 22.7. The van der Waals surface area contributed by atoms with E-state index in [0.717, 1.165) is 34.3 Å². The van der Waals surface area contributed by atoms with Gasteiger partial charge in [-0.25, -0.2) is 9.97 Å². The summed E-state index contributed by atoms with van der Waals surface area (Å²) in [4.78, 5) is 17.5. The summed E-state index contributed by atoms with van der Waals surface area (Å²) >= 11 is 0. The van der Waals surface area contributed by atoms with Gasteiger partial charge in [-0.3, -0.25) is 0 Å². The molecular formula is C31H22BIrN5-. The zero-order chi connectivity index (χ0) is 24.9. The summed E-state index contributed by atoms with van der Waals surface area (Å²) in [6, 6.07) is 41.5. The van der Waals surface area contributed by atoms with Gasteiger partial charge in [-0.05, 0) is 52.9 Å². The number of aromatic nitrogens is 3. The van der Waals surface area contributed by atoms with E-state index in [0.29, 0.717) is 0 Å². The van der Waals surface area contributed by atoms with Crippen LogP contribution in [-0.2, 0) is 20.1 Å². The molecule has 0 saturated heterocycles. The van der Waals surface area contributed by atoms with Crippen molar-refractivity contribution in [2.24, 2.45) is 0 Å². The van der Waals surface area contributed by atoms with E-state index < -0.39 is 0 Å². The van der Waals surface area contributed by atoms with Crippen molar-refractivity contribution in [3.8, 4) is 11.3 Å². The Bertz CT molecular complexity index is 1550. The molecular weight excluding hydrogens is 645 g/mol. The molecule has 5 nitrogen and oxygen atoms in total. The van der Waals surface area contributed by atoms with Crippen molar-refractivity contribution >= 4 is 41.3 Å². The van der Waals surface area contributed by atoms with Crippen LogP contribution in [0.15, 0.2) is 134 Å². The van der Waals surface area contributed by atoms with Crippen LogP contribution in [0.5, 0.6) is 0 Å². The van der Waals surface area contributed by atoms with Crippen LogP contribution in [0, 0.1) is 6.07 Å². The summed E-state index contributed by atoms with van der Waals surface area (Å²) in [6.45, 7) is 0. The first kappa shape index (κ1) is 25.3. The van der Waals surface area contributed by atoms with E-state index in [-0.39, 0.29) is 20.1 Å². The molecule has 0 bridgehead atoms. The molecule has 3 aromatic carbocycles. The molecule has 0 saturated carbocycles. The zero-order valence-electron chi connectivity index (χ0n) is 20.3. The maximum Gasteiger partial charge on any atom is 0.403 e. The average Bonchev–Trinajstić information content (AvgIpc) is 3.38. The summed E-state index contributed by atoms with van der Waals surface area (Å²) < 4.78 is 0. The van der Waals surface area contributed by atoms with Crippen LogP contribution >= 0.6 is 0 Å². The summed E-state index contributed by atoms with van der Waals surface area (Å²) in [7, 11) is 2.02. The number of hydrogen-bond donors (Lipinski definition) is 0. The van der Waals surface area contributed by atoms with E-state index in [1.165, 1.54) is 10.8 Å². The van der Waals surface area contributed by atoms with Crippen molar-refractivity contribution in [3.05, 3.63) is 140 Å². The molecule has 3 aromatic heterocycles. The Morgan fingerprint density at radius 1 is 0.579 bits per heavy atom. The predicted octanol–water partition coefficient (Wildman–Crippen LogP) is 7.00. The van der Waals surface area contributed by atoms with Gasteiger partial charge in [0.25, 0.3) is 0 Å². The van der Waals surface area contributed by atoms with Crippen LogP contribution in [0.2, 0.25) is 0 Å². The predicted molar refractivity (Wildman–Crippen MR) is 151 cm³/mol. The van der Waals surface area contributed by atoms with Crippen molar-refractivity contribution in [2.75, 3.05) is 9.62 Å². The Labute approximate surface area is 236 Å². The minimum Gasteiger partial charge on any atom is -0.351 e. The summed E-state index contributed by atoms with van der Waals surface area (Å²) in [5, 5.41) is 2.38. The van der Waals surface area contributed by atoms with Gasteiger partial charge in [-0.15, -0.1) is 35.9 Å². The number of benzene rings is 3. The van der Waals surface area contributed by atoms with E-state index in [4.69, 9.17) is 0 Å². The molecule has 0 atom stereocenters. The van der Waals surface area contributed by atoms with E-state index in [1.54, 1.807) is 12.4 Å². The Kier molecular flexibility index (Phi) is 7.88. The topological polar surface area (TPSA) is 45.2 Å². The molecule has 0 N–H and O–H groups in total. The summed E-state index contributed by atoms with van der Waals surface area (Å²) in [5.74, 6) is 1.78. The molecule has 0 amide bonds. The van der Waals surface area contributed by atoms with Crippen molar-refractivity contribution in [2.45, 2.75) is 0 Å². The van der Waals surface area contributed by atoms with Gasteiger partial charge < -0.3 is 14.6 Å². The minimum absolute atomic E-state index is 0. The monoisotopic (exact) mass is 668 g/mol. The SMILES string of the molecule is [B]1N(c2ccccn2)c2ccccc2N1c1ccccn1.[Ir].[c-]1ccccc1-c1cc2ccccc2cn1. The van der Waals surface area contributed by atoms with Gasteiger partial charge >= 0.3 is 7.55 Å². The molecule has 4 heterocycles. The van der Waals surface area contributed by atoms with Crippen LogP contribution in [0.4, 0.5) is 23.0 Å². The molecule has 38 heavy (non-hydrogen) atoms. The van der Waals surface area contributed by atoms with Gasteiger partial charge in [0.15, 0.2) is 0 Å². The molecule has 184 valence electrons. The fourth-order valence-corrected chi connectivity index (χ4v) is 4.25. The van der Waals surface area contributed by atoms with Crippen LogP contribution < -0.4 is 9.62 Å². The maximum absolute atomic E-state index is 4.45. The number of nitrogens with zero attached hydrogens (tertiary/aromatic N) is 5. The van der Waals surface area contributed by atoms with Crippen molar-refractivity contribution < 1.29 is 20.1 Å². The van der Waals surface area contributed by atoms with Gasteiger partial charge in [0.1, 0.15) is 11.6 Å². The second kappa shape index (κ2) is 11.8. The smallest absolute Gasteiger partial charge is 0.351 e. The van der Waals surface area contributed by atoms with Crippen molar-refractivity contribution in [1.29, 1.82) is 0 Å². The van der Waals surface area contributed by atoms with Crippen molar-refractivity contribution in [3.63, 3.8) is 0 Å². The fraction of sp³-hybridized carbons (Fsp3) is 0. The van der Waals surface area contributed by atoms with Gasteiger partial charge in [-0.2, -0.15) is 0 Å². The van der Waals surface area contributed by atoms with Gasteiger partial charge in [0, 0.05) is 38.7 Å². The molecule has 7 rings (SSSR count). The third-order valence-corrected chi connectivity index (χ3v) is 6.04. The number of pyridine rings is 3. The Morgan fingerprint density at radius 2 is 1.16 bits per heavy atom. The van der Waals surface area contributed by atoms with E-state index in [2.05, 4.69) is 61.0 Å². The third-order valence-electron chi connectivity index (χ3n) is 6.04. The first-order valence-corrected chi connectivity index (χ1v) is 12.0. The minimum atomic E-state index is 0. The molecule has 0 aliphatic carbocycles. The first-order valence-electron chi connectivity index (χ1n) is 12.0. The number of rotatable bonds is 3. The van der Waals surface area contributed by atoms with Gasteiger partial charge in [0.2, 0.25) is 0 Å². The molecule has 6 aromatic rings.